The lowest BCUT2D eigenvalue weighted by Crippen LogP contribution is -2.27. The predicted molar refractivity (Wildman–Crippen MR) is 123 cm³/mol. The second kappa shape index (κ2) is 10.3. The molecule has 1 amide bonds. The lowest BCUT2D eigenvalue weighted by Gasteiger charge is -2.15. The van der Waals surface area contributed by atoms with Gasteiger partial charge in [0.25, 0.3) is 5.91 Å². The van der Waals surface area contributed by atoms with Gasteiger partial charge in [-0.25, -0.2) is 0 Å². The molecule has 0 spiro atoms. The molecule has 0 N–H and O–H groups in total. The third kappa shape index (κ3) is 5.71. The quantitative estimate of drug-likeness (QED) is 0.315. The molecule has 1 aliphatic rings. The van der Waals surface area contributed by atoms with Crippen LogP contribution in [0.4, 0.5) is 0 Å². The molecular weight excluding hydrogens is 402 g/mol. The van der Waals surface area contributed by atoms with Gasteiger partial charge in [-0.05, 0) is 24.3 Å². The van der Waals surface area contributed by atoms with Crippen molar-refractivity contribution in [1.29, 1.82) is 0 Å². The molecule has 0 saturated carbocycles. The molecule has 1 atom stereocenters. The van der Waals surface area contributed by atoms with Crippen molar-refractivity contribution in [3.8, 4) is 11.5 Å². The molecule has 0 radical (unpaired) electrons. The van der Waals surface area contributed by atoms with Crippen LogP contribution in [-0.4, -0.2) is 34.9 Å². The fourth-order valence-electron chi connectivity index (χ4n) is 2.69. The summed E-state index contributed by atoms with van der Waals surface area (Å²) in [5.74, 6) is 1.68. The van der Waals surface area contributed by atoms with Gasteiger partial charge < -0.3 is 9.47 Å². The van der Waals surface area contributed by atoms with E-state index in [1.807, 2.05) is 60.7 Å². The Hall–Kier alpha value is -2.57. The van der Waals surface area contributed by atoms with Crippen LogP contribution in [0.5, 0.6) is 11.5 Å². The summed E-state index contributed by atoms with van der Waals surface area (Å²) < 4.78 is 12.4. The van der Waals surface area contributed by atoms with E-state index in [4.69, 9.17) is 21.7 Å². The summed E-state index contributed by atoms with van der Waals surface area (Å²) in [5, 5.41) is 0. The average molecular weight is 426 g/mol. The zero-order valence-electron chi connectivity index (χ0n) is 16.2. The van der Waals surface area contributed by atoms with E-state index >= 15 is 0 Å². The number of carbonyl (C=O) groups excluding carboxylic acids is 1. The van der Waals surface area contributed by atoms with Gasteiger partial charge in [0, 0.05) is 18.0 Å². The third-order valence-electron chi connectivity index (χ3n) is 4.19. The van der Waals surface area contributed by atoms with Gasteiger partial charge in [-0.15, -0.1) is 6.58 Å². The Morgan fingerprint density at radius 1 is 1.10 bits per heavy atom. The second-order valence-electron chi connectivity index (χ2n) is 6.66. The zero-order chi connectivity index (χ0) is 20.6. The number of nitrogens with zero attached hydrogens (tertiary/aromatic N) is 1. The Labute approximate surface area is 181 Å². The van der Waals surface area contributed by atoms with Crippen molar-refractivity contribution in [3.05, 3.63) is 77.7 Å². The monoisotopic (exact) mass is 425 g/mol. The molecule has 0 aromatic heterocycles. The van der Waals surface area contributed by atoms with Gasteiger partial charge in [-0.2, -0.15) is 0 Å². The van der Waals surface area contributed by atoms with Gasteiger partial charge in [0.05, 0.1) is 18.1 Å². The highest BCUT2D eigenvalue weighted by Gasteiger charge is 2.31. The largest absolute Gasteiger partial charge is 0.493 e. The fraction of sp³-hybridized carbons (Fsp3) is 0.217. The summed E-state index contributed by atoms with van der Waals surface area (Å²) in [4.78, 5) is 14.7. The third-order valence-corrected chi connectivity index (χ3v) is 5.57. The predicted octanol–water partition coefficient (Wildman–Crippen LogP) is 5.17. The van der Waals surface area contributed by atoms with Crippen LogP contribution in [0.1, 0.15) is 12.5 Å². The maximum atomic E-state index is 12.6. The first kappa shape index (κ1) is 21.1. The van der Waals surface area contributed by atoms with Crippen LogP contribution >= 0.6 is 24.0 Å². The fourth-order valence-corrected chi connectivity index (χ4v) is 3.96. The van der Waals surface area contributed by atoms with Crippen LogP contribution in [0, 0.1) is 5.92 Å². The Balaban J connectivity index is 1.62. The highest BCUT2D eigenvalue weighted by atomic mass is 32.2. The topological polar surface area (TPSA) is 38.8 Å². The van der Waals surface area contributed by atoms with Crippen LogP contribution in [-0.2, 0) is 4.79 Å². The molecule has 1 fully saturated rings. The minimum atomic E-state index is -0.0978. The standard InChI is InChI=1S/C23H23NO3S2/c1-3-13-24-22(25)21(29-23(24)28)14-18-9-7-8-12-20(18)27-16-17(2)15-26-19-10-5-4-6-11-19/h3-12,14,17H,1,13,15-16H2,2H3/b21-14-/t17-/m1/s1. The number of ether oxygens (including phenoxy) is 2. The molecule has 0 unspecified atom stereocenters. The van der Waals surface area contributed by atoms with E-state index in [-0.39, 0.29) is 11.8 Å². The molecule has 1 heterocycles. The van der Waals surface area contributed by atoms with E-state index in [0.717, 1.165) is 17.1 Å². The summed E-state index contributed by atoms with van der Waals surface area (Å²) in [6.07, 6.45) is 3.51. The molecule has 6 heteroatoms. The van der Waals surface area contributed by atoms with Crippen molar-refractivity contribution >= 4 is 40.3 Å². The summed E-state index contributed by atoms with van der Waals surface area (Å²) >= 11 is 6.60. The Bertz CT molecular complexity index is 911. The van der Waals surface area contributed by atoms with Crippen LogP contribution in [0.3, 0.4) is 0 Å². The first-order chi connectivity index (χ1) is 14.1. The van der Waals surface area contributed by atoms with Gasteiger partial charge in [-0.3, -0.25) is 9.69 Å². The van der Waals surface area contributed by atoms with E-state index in [0.29, 0.717) is 29.0 Å². The van der Waals surface area contributed by atoms with Crippen LogP contribution in [0.2, 0.25) is 0 Å². The molecule has 1 aliphatic heterocycles. The van der Waals surface area contributed by atoms with Crippen molar-refractivity contribution in [2.75, 3.05) is 19.8 Å². The lowest BCUT2D eigenvalue weighted by atomic mass is 10.1. The first-order valence-electron chi connectivity index (χ1n) is 9.34. The number of rotatable bonds is 9. The number of thiocarbonyl (C=S) groups is 1. The molecule has 150 valence electrons. The lowest BCUT2D eigenvalue weighted by molar-refractivity contribution is -0.121. The van der Waals surface area contributed by atoms with Gasteiger partial charge >= 0.3 is 0 Å². The molecule has 3 rings (SSSR count). The number of para-hydroxylation sites is 2. The highest BCUT2D eigenvalue weighted by Crippen LogP contribution is 2.34. The number of hydrogen-bond acceptors (Lipinski definition) is 5. The maximum Gasteiger partial charge on any atom is 0.266 e. The zero-order valence-corrected chi connectivity index (χ0v) is 17.9. The van der Waals surface area contributed by atoms with Crippen molar-refractivity contribution in [2.24, 2.45) is 5.92 Å². The van der Waals surface area contributed by atoms with Crippen LogP contribution in [0.25, 0.3) is 6.08 Å². The Morgan fingerprint density at radius 3 is 2.55 bits per heavy atom. The molecule has 2 aromatic rings. The van der Waals surface area contributed by atoms with Crippen LogP contribution < -0.4 is 9.47 Å². The molecule has 2 aromatic carbocycles. The summed E-state index contributed by atoms with van der Waals surface area (Å²) in [7, 11) is 0. The molecule has 4 nitrogen and oxygen atoms in total. The van der Waals surface area contributed by atoms with Crippen molar-refractivity contribution in [2.45, 2.75) is 6.92 Å². The van der Waals surface area contributed by atoms with Gasteiger partial charge in [0.2, 0.25) is 0 Å². The minimum absolute atomic E-state index is 0.0978. The normalized spacial score (nSPS) is 16.2. The molecule has 0 aliphatic carbocycles. The Morgan fingerprint density at radius 2 is 1.79 bits per heavy atom. The van der Waals surface area contributed by atoms with Gasteiger partial charge in [0.15, 0.2) is 0 Å². The number of carbonyl (C=O) groups is 1. The van der Waals surface area contributed by atoms with E-state index in [9.17, 15) is 4.79 Å². The molecule has 29 heavy (non-hydrogen) atoms. The Kier molecular flexibility index (Phi) is 7.49. The molecule has 0 bridgehead atoms. The average Bonchev–Trinajstić information content (AvgIpc) is 3.00. The summed E-state index contributed by atoms with van der Waals surface area (Å²) in [6.45, 7) is 7.24. The maximum absolute atomic E-state index is 12.6. The molecular formula is C23H23NO3S2. The summed E-state index contributed by atoms with van der Waals surface area (Å²) in [5.41, 5.74) is 0.850. The molecule has 1 saturated heterocycles. The second-order valence-corrected chi connectivity index (χ2v) is 8.33. The first-order valence-corrected chi connectivity index (χ1v) is 10.6. The summed E-state index contributed by atoms with van der Waals surface area (Å²) in [6, 6.07) is 17.4. The van der Waals surface area contributed by atoms with E-state index < -0.39 is 0 Å². The number of amides is 1. The van der Waals surface area contributed by atoms with Gasteiger partial charge in [0.1, 0.15) is 15.8 Å². The smallest absolute Gasteiger partial charge is 0.266 e. The van der Waals surface area contributed by atoms with E-state index in [2.05, 4.69) is 13.5 Å². The van der Waals surface area contributed by atoms with Gasteiger partial charge in [-0.1, -0.05) is 73.4 Å². The van der Waals surface area contributed by atoms with E-state index in [1.165, 1.54) is 11.8 Å². The van der Waals surface area contributed by atoms with Crippen molar-refractivity contribution in [3.63, 3.8) is 0 Å². The van der Waals surface area contributed by atoms with Crippen molar-refractivity contribution < 1.29 is 14.3 Å². The highest BCUT2D eigenvalue weighted by molar-refractivity contribution is 8.26. The SMILES string of the molecule is C=CCN1C(=O)/C(=C/c2ccccc2OC[C@H](C)COc2ccccc2)SC1=S. The van der Waals surface area contributed by atoms with Crippen molar-refractivity contribution in [1.82, 2.24) is 4.90 Å². The number of benzene rings is 2. The number of hydrogen-bond donors (Lipinski definition) is 0. The number of thioether (sulfide) groups is 1. The van der Waals surface area contributed by atoms with E-state index in [1.54, 1.807) is 11.0 Å². The minimum Gasteiger partial charge on any atom is -0.493 e. The van der Waals surface area contributed by atoms with Crippen LogP contribution in [0.15, 0.2) is 72.2 Å².